The van der Waals surface area contributed by atoms with Crippen molar-refractivity contribution in [2.75, 3.05) is 5.75 Å². The average molecular weight is 257 g/mol. The molecule has 0 saturated carbocycles. The summed E-state index contributed by atoms with van der Waals surface area (Å²) < 4.78 is 5.45. The molecule has 1 N–H and O–H groups in total. The minimum Gasteiger partial charge on any atom is -0.411 e. The van der Waals surface area contributed by atoms with Crippen molar-refractivity contribution in [3.8, 4) is 17.5 Å². The standard InChI is InChI=1S/C11H7N5OS/c12-3-4-18-11-16-15-10(17-11)7-1-2-8-9(5-7)14-6-13-8/h1-2,5-6H,4H2,(H,13,14). The molecule has 6 nitrogen and oxygen atoms in total. The number of benzene rings is 1. The smallest absolute Gasteiger partial charge is 0.277 e. The SMILES string of the molecule is N#CCSc1nnc(-c2ccc3nc[nH]c3c2)o1. The molecule has 88 valence electrons. The predicted octanol–water partition coefficient (Wildman–Crippen LogP) is 2.23. The van der Waals surface area contributed by atoms with E-state index >= 15 is 0 Å². The molecule has 0 spiro atoms. The third kappa shape index (κ3) is 1.94. The molecule has 18 heavy (non-hydrogen) atoms. The van der Waals surface area contributed by atoms with Crippen LogP contribution in [0.15, 0.2) is 34.2 Å². The molecule has 0 aliphatic rings. The van der Waals surface area contributed by atoms with E-state index in [9.17, 15) is 0 Å². The van der Waals surface area contributed by atoms with Crippen LogP contribution in [0.25, 0.3) is 22.5 Å². The van der Waals surface area contributed by atoms with E-state index in [0.717, 1.165) is 16.6 Å². The van der Waals surface area contributed by atoms with Gasteiger partial charge in [0.15, 0.2) is 0 Å². The number of hydrogen-bond acceptors (Lipinski definition) is 6. The van der Waals surface area contributed by atoms with E-state index in [0.29, 0.717) is 16.9 Å². The fourth-order valence-electron chi connectivity index (χ4n) is 1.55. The van der Waals surface area contributed by atoms with Gasteiger partial charge in [0.1, 0.15) is 0 Å². The minimum atomic E-state index is 0.293. The van der Waals surface area contributed by atoms with Crippen LogP contribution < -0.4 is 0 Å². The van der Waals surface area contributed by atoms with E-state index in [1.165, 1.54) is 11.8 Å². The van der Waals surface area contributed by atoms with Crippen LogP contribution in [0.2, 0.25) is 0 Å². The Balaban J connectivity index is 1.93. The predicted molar refractivity (Wildman–Crippen MR) is 65.7 cm³/mol. The molecule has 0 atom stereocenters. The number of rotatable bonds is 3. The Morgan fingerprint density at radius 1 is 1.39 bits per heavy atom. The van der Waals surface area contributed by atoms with E-state index in [-0.39, 0.29) is 0 Å². The van der Waals surface area contributed by atoms with E-state index in [4.69, 9.17) is 9.68 Å². The normalized spacial score (nSPS) is 10.6. The van der Waals surface area contributed by atoms with Crippen LogP contribution in [0.1, 0.15) is 0 Å². The Labute approximate surface area is 106 Å². The zero-order valence-electron chi connectivity index (χ0n) is 9.12. The number of nitrogens with one attached hydrogen (secondary N) is 1. The molecule has 7 heteroatoms. The van der Waals surface area contributed by atoms with Crippen molar-refractivity contribution < 1.29 is 4.42 Å². The molecular formula is C11H7N5OS. The Bertz CT molecular complexity index is 726. The maximum Gasteiger partial charge on any atom is 0.277 e. The highest BCUT2D eigenvalue weighted by Gasteiger charge is 2.09. The zero-order valence-corrected chi connectivity index (χ0v) is 9.94. The second-order valence-corrected chi connectivity index (χ2v) is 4.38. The molecule has 3 aromatic rings. The number of hydrogen-bond donors (Lipinski definition) is 1. The van der Waals surface area contributed by atoms with E-state index in [2.05, 4.69) is 20.2 Å². The van der Waals surface area contributed by atoms with Crippen LogP contribution in [0, 0.1) is 11.3 Å². The van der Waals surface area contributed by atoms with Crippen LogP contribution in [0.5, 0.6) is 0 Å². The Morgan fingerprint density at radius 2 is 2.33 bits per heavy atom. The fraction of sp³-hybridized carbons (Fsp3) is 0.0909. The van der Waals surface area contributed by atoms with Gasteiger partial charge in [0.25, 0.3) is 5.22 Å². The number of aromatic amines is 1. The first kappa shape index (κ1) is 10.8. The van der Waals surface area contributed by atoms with Crippen LogP contribution in [-0.4, -0.2) is 25.9 Å². The van der Waals surface area contributed by atoms with Crippen molar-refractivity contribution in [3.05, 3.63) is 24.5 Å². The lowest BCUT2D eigenvalue weighted by Crippen LogP contribution is -1.78. The molecule has 0 aliphatic carbocycles. The summed E-state index contributed by atoms with van der Waals surface area (Å²) in [5.74, 6) is 0.730. The van der Waals surface area contributed by atoms with Crippen molar-refractivity contribution in [3.63, 3.8) is 0 Å². The summed E-state index contributed by atoms with van der Waals surface area (Å²) in [6.07, 6.45) is 1.64. The number of nitriles is 1. The summed E-state index contributed by atoms with van der Waals surface area (Å²) in [6.45, 7) is 0. The first-order valence-corrected chi connectivity index (χ1v) is 6.12. The van der Waals surface area contributed by atoms with Gasteiger partial charge in [-0.25, -0.2) is 4.98 Å². The largest absolute Gasteiger partial charge is 0.411 e. The Morgan fingerprint density at radius 3 is 3.22 bits per heavy atom. The number of fused-ring (bicyclic) bond motifs is 1. The van der Waals surface area contributed by atoms with Crippen molar-refractivity contribution in [2.24, 2.45) is 0 Å². The quantitative estimate of drug-likeness (QED) is 0.723. The topological polar surface area (TPSA) is 91.4 Å². The average Bonchev–Trinajstić information content (AvgIpc) is 3.04. The van der Waals surface area contributed by atoms with Gasteiger partial charge in [-0.2, -0.15) is 5.26 Å². The lowest BCUT2D eigenvalue weighted by molar-refractivity contribution is 0.466. The van der Waals surface area contributed by atoms with E-state index < -0.39 is 0 Å². The molecule has 0 amide bonds. The van der Waals surface area contributed by atoms with Crippen LogP contribution in [-0.2, 0) is 0 Å². The molecule has 0 unspecified atom stereocenters. The highest BCUT2D eigenvalue weighted by atomic mass is 32.2. The summed E-state index contributed by atoms with van der Waals surface area (Å²) in [6, 6.07) is 7.66. The van der Waals surface area contributed by atoms with Crippen molar-refractivity contribution in [1.29, 1.82) is 5.26 Å². The van der Waals surface area contributed by atoms with E-state index in [1.807, 2.05) is 24.3 Å². The molecule has 3 rings (SSSR count). The Kier molecular flexibility index (Phi) is 2.70. The van der Waals surface area contributed by atoms with Crippen LogP contribution in [0.4, 0.5) is 0 Å². The van der Waals surface area contributed by atoms with Gasteiger partial charge in [-0.15, -0.1) is 10.2 Å². The zero-order chi connectivity index (χ0) is 12.4. The third-order valence-electron chi connectivity index (χ3n) is 2.33. The lowest BCUT2D eigenvalue weighted by Gasteiger charge is -1.94. The van der Waals surface area contributed by atoms with E-state index in [1.54, 1.807) is 6.33 Å². The van der Waals surface area contributed by atoms with Crippen molar-refractivity contribution in [1.82, 2.24) is 20.2 Å². The van der Waals surface area contributed by atoms with Gasteiger partial charge in [-0.1, -0.05) is 11.8 Å². The molecule has 0 fully saturated rings. The van der Waals surface area contributed by atoms with Gasteiger partial charge in [-0.3, -0.25) is 0 Å². The molecule has 0 bridgehead atoms. The van der Waals surface area contributed by atoms with Crippen LogP contribution in [0.3, 0.4) is 0 Å². The highest BCUT2D eigenvalue weighted by molar-refractivity contribution is 7.99. The summed E-state index contributed by atoms with van der Waals surface area (Å²) >= 11 is 1.22. The monoisotopic (exact) mass is 257 g/mol. The van der Waals surface area contributed by atoms with Gasteiger partial charge in [0, 0.05) is 5.56 Å². The number of thioether (sulfide) groups is 1. The van der Waals surface area contributed by atoms with Gasteiger partial charge in [0.05, 0.1) is 29.2 Å². The van der Waals surface area contributed by atoms with Gasteiger partial charge in [-0.05, 0) is 18.2 Å². The summed E-state index contributed by atoms with van der Waals surface area (Å²) in [7, 11) is 0. The molecule has 0 radical (unpaired) electrons. The second kappa shape index (κ2) is 4.50. The van der Waals surface area contributed by atoms with Gasteiger partial charge < -0.3 is 9.40 Å². The second-order valence-electron chi connectivity index (χ2n) is 3.45. The maximum absolute atomic E-state index is 8.47. The Hall–Kier alpha value is -2.33. The molecule has 2 heterocycles. The lowest BCUT2D eigenvalue weighted by atomic mass is 10.2. The van der Waals surface area contributed by atoms with Gasteiger partial charge >= 0.3 is 0 Å². The van der Waals surface area contributed by atoms with Gasteiger partial charge in [0.2, 0.25) is 5.89 Å². The molecule has 0 aliphatic heterocycles. The summed E-state index contributed by atoms with van der Waals surface area (Å²) in [5, 5.41) is 16.7. The first-order valence-electron chi connectivity index (χ1n) is 5.13. The fourth-order valence-corrected chi connectivity index (χ4v) is 1.97. The maximum atomic E-state index is 8.47. The molecule has 2 aromatic heterocycles. The molecule has 1 aromatic carbocycles. The van der Waals surface area contributed by atoms with Crippen LogP contribution >= 0.6 is 11.8 Å². The first-order chi connectivity index (χ1) is 8.86. The number of nitrogens with zero attached hydrogens (tertiary/aromatic N) is 4. The number of H-pyrrole nitrogens is 1. The molecule has 0 saturated heterocycles. The summed E-state index contributed by atoms with van der Waals surface area (Å²) in [4.78, 5) is 7.16. The van der Waals surface area contributed by atoms with Crippen molar-refractivity contribution >= 4 is 22.8 Å². The third-order valence-corrected chi connectivity index (χ3v) is 3.02. The number of aromatic nitrogens is 4. The highest BCUT2D eigenvalue weighted by Crippen LogP contribution is 2.24. The minimum absolute atomic E-state index is 0.293. The molecular weight excluding hydrogens is 250 g/mol. The van der Waals surface area contributed by atoms with Crippen molar-refractivity contribution in [2.45, 2.75) is 5.22 Å². The summed E-state index contributed by atoms with van der Waals surface area (Å²) in [5.41, 5.74) is 2.62. The number of imidazole rings is 1.